The number of para-hydroxylation sites is 1. The van der Waals surface area contributed by atoms with Crippen LogP contribution in [0.4, 0.5) is 0 Å². The van der Waals surface area contributed by atoms with Crippen LogP contribution in [0.3, 0.4) is 0 Å². The summed E-state index contributed by atoms with van der Waals surface area (Å²) in [5.41, 5.74) is 5.06. The van der Waals surface area contributed by atoms with Crippen LogP contribution < -0.4 is 5.32 Å². The van der Waals surface area contributed by atoms with Crippen molar-refractivity contribution in [3.63, 3.8) is 0 Å². The number of carbonyl (C=O) groups is 2. The van der Waals surface area contributed by atoms with Gasteiger partial charge in [-0.15, -0.1) is 0 Å². The lowest BCUT2D eigenvalue weighted by atomic mass is 9.64. The maximum absolute atomic E-state index is 12.5. The zero-order valence-corrected chi connectivity index (χ0v) is 20.1. The van der Waals surface area contributed by atoms with Crippen molar-refractivity contribution in [2.45, 2.75) is 37.5 Å². The first-order chi connectivity index (χ1) is 17.5. The summed E-state index contributed by atoms with van der Waals surface area (Å²) >= 11 is 0. The molecule has 2 aliphatic rings. The number of rotatable bonds is 7. The van der Waals surface area contributed by atoms with E-state index in [4.69, 9.17) is 9.52 Å². The third kappa shape index (κ3) is 3.89. The largest absolute Gasteiger partial charge is 0.481 e. The topological polar surface area (TPSA) is 79.5 Å². The summed E-state index contributed by atoms with van der Waals surface area (Å²) in [5, 5.41) is 12.6. The van der Waals surface area contributed by atoms with E-state index in [1.54, 1.807) is 0 Å². The van der Waals surface area contributed by atoms with E-state index in [1.165, 1.54) is 30.4 Å². The molecule has 0 saturated heterocycles. The van der Waals surface area contributed by atoms with Gasteiger partial charge in [-0.1, -0.05) is 61.0 Å². The Hall–Kier alpha value is -3.86. The summed E-state index contributed by atoms with van der Waals surface area (Å²) in [6, 6.07) is 27.0. The number of amides is 1. The van der Waals surface area contributed by atoms with Crippen LogP contribution in [-0.2, 0) is 10.2 Å². The molecule has 2 aliphatic carbocycles. The molecule has 3 atom stereocenters. The molecule has 0 spiro atoms. The van der Waals surface area contributed by atoms with Gasteiger partial charge in [0.25, 0.3) is 5.91 Å². The third-order valence-electron chi connectivity index (χ3n) is 8.25. The monoisotopic (exact) mass is 479 g/mol. The number of carbonyl (C=O) groups excluding carboxylic acids is 1. The predicted molar refractivity (Wildman–Crippen MR) is 139 cm³/mol. The number of furan rings is 1. The minimum Gasteiger partial charge on any atom is -0.481 e. The Morgan fingerprint density at radius 2 is 1.67 bits per heavy atom. The standard InChI is InChI=1S/C31H29NO4/c33-29(34)15-16-32-30(35)22-8-13-25(14-9-22)31(19-20-5-10-26(31)17-20)24-11-6-21(7-12-24)28-18-23-3-1-2-4-27(23)36-28/h1-4,6-9,11-14,18,20,26H,5,10,15-17,19H2,(H,32,35)(H,33,34). The molecule has 36 heavy (non-hydrogen) atoms. The molecule has 2 saturated carbocycles. The molecule has 3 unspecified atom stereocenters. The van der Waals surface area contributed by atoms with Crippen molar-refractivity contribution in [1.29, 1.82) is 0 Å². The van der Waals surface area contributed by atoms with E-state index in [2.05, 4.69) is 53.8 Å². The van der Waals surface area contributed by atoms with Gasteiger partial charge in [-0.05, 0) is 66.5 Å². The van der Waals surface area contributed by atoms with Crippen LogP contribution in [0, 0.1) is 11.8 Å². The van der Waals surface area contributed by atoms with Gasteiger partial charge in [0.15, 0.2) is 0 Å². The van der Waals surface area contributed by atoms with E-state index in [-0.39, 0.29) is 24.3 Å². The van der Waals surface area contributed by atoms with E-state index >= 15 is 0 Å². The Kier molecular flexibility index (Phi) is 5.63. The highest BCUT2D eigenvalue weighted by Crippen LogP contribution is 2.60. The Morgan fingerprint density at radius 3 is 2.31 bits per heavy atom. The minimum atomic E-state index is -0.921. The lowest BCUT2D eigenvalue weighted by molar-refractivity contribution is -0.136. The fourth-order valence-corrected chi connectivity index (χ4v) is 6.56. The van der Waals surface area contributed by atoms with E-state index in [0.717, 1.165) is 34.6 Å². The lowest BCUT2D eigenvalue weighted by Gasteiger charge is -2.39. The molecule has 4 aromatic rings. The van der Waals surface area contributed by atoms with Gasteiger partial charge in [0.05, 0.1) is 6.42 Å². The Bertz CT molecular complexity index is 1390. The molecule has 182 valence electrons. The molecule has 5 heteroatoms. The summed E-state index contributed by atoms with van der Waals surface area (Å²) in [7, 11) is 0. The van der Waals surface area contributed by atoms with Crippen molar-refractivity contribution >= 4 is 22.8 Å². The van der Waals surface area contributed by atoms with Crippen molar-refractivity contribution in [3.8, 4) is 11.3 Å². The zero-order chi connectivity index (χ0) is 24.7. The number of hydrogen-bond acceptors (Lipinski definition) is 3. The van der Waals surface area contributed by atoms with Gasteiger partial charge in [0.2, 0.25) is 0 Å². The molecule has 6 rings (SSSR count). The normalized spacial score (nSPS) is 22.7. The van der Waals surface area contributed by atoms with E-state index < -0.39 is 5.97 Å². The lowest BCUT2D eigenvalue weighted by Crippen LogP contribution is -2.34. The van der Waals surface area contributed by atoms with Crippen LogP contribution in [-0.4, -0.2) is 23.5 Å². The highest BCUT2D eigenvalue weighted by Gasteiger charge is 2.52. The van der Waals surface area contributed by atoms with E-state index in [1.807, 2.05) is 30.3 Å². The number of benzene rings is 3. The average molecular weight is 480 g/mol. The molecule has 1 heterocycles. The van der Waals surface area contributed by atoms with Gasteiger partial charge in [-0.2, -0.15) is 0 Å². The van der Waals surface area contributed by atoms with Crippen LogP contribution in [0.25, 0.3) is 22.3 Å². The second kappa shape index (κ2) is 8.98. The molecule has 2 fully saturated rings. The van der Waals surface area contributed by atoms with Crippen LogP contribution in [0.5, 0.6) is 0 Å². The molecule has 0 radical (unpaired) electrons. The first-order valence-corrected chi connectivity index (χ1v) is 12.7. The average Bonchev–Trinajstić information content (AvgIpc) is 3.63. The van der Waals surface area contributed by atoms with Crippen LogP contribution in [0.1, 0.15) is 53.6 Å². The molecular formula is C31H29NO4. The summed E-state index contributed by atoms with van der Waals surface area (Å²) in [5.74, 6) is 1.05. The fourth-order valence-electron chi connectivity index (χ4n) is 6.56. The molecule has 2 bridgehead atoms. The van der Waals surface area contributed by atoms with E-state index in [9.17, 15) is 9.59 Å². The Balaban J connectivity index is 1.29. The van der Waals surface area contributed by atoms with Crippen molar-refractivity contribution < 1.29 is 19.1 Å². The van der Waals surface area contributed by atoms with E-state index in [0.29, 0.717) is 11.5 Å². The van der Waals surface area contributed by atoms with Gasteiger partial charge in [-0.25, -0.2) is 0 Å². The van der Waals surface area contributed by atoms with Gasteiger partial charge < -0.3 is 14.8 Å². The van der Waals surface area contributed by atoms with Gasteiger partial charge >= 0.3 is 5.97 Å². The molecule has 3 aromatic carbocycles. The highest BCUT2D eigenvalue weighted by molar-refractivity contribution is 5.94. The van der Waals surface area contributed by atoms with Crippen molar-refractivity contribution in [1.82, 2.24) is 5.32 Å². The molecule has 1 aromatic heterocycles. The Morgan fingerprint density at radius 1 is 0.944 bits per heavy atom. The SMILES string of the molecule is O=C(O)CCNC(=O)c1ccc(C2(c3ccc(-c4cc5ccccc5o4)cc3)CC3CCC2C3)cc1. The summed E-state index contributed by atoms with van der Waals surface area (Å²) in [6.45, 7) is 0.126. The molecule has 1 amide bonds. The van der Waals surface area contributed by atoms with Crippen LogP contribution in [0.2, 0.25) is 0 Å². The number of nitrogens with one attached hydrogen (secondary N) is 1. The number of carboxylic acid groups (broad SMARTS) is 1. The zero-order valence-electron chi connectivity index (χ0n) is 20.1. The van der Waals surface area contributed by atoms with Crippen LogP contribution in [0.15, 0.2) is 83.3 Å². The molecular weight excluding hydrogens is 450 g/mol. The second-order valence-corrected chi connectivity index (χ2v) is 10.3. The second-order valence-electron chi connectivity index (χ2n) is 10.3. The molecule has 0 aliphatic heterocycles. The van der Waals surface area contributed by atoms with Crippen molar-refractivity contribution in [2.24, 2.45) is 11.8 Å². The third-order valence-corrected chi connectivity index (χ3v) is 8.25. The molecule has 2 N–H and O–H groups in total. The quantitative estimate of drug-likeness (QED) is 0.321. The maximum atomic E-state index is 12.5. The van der Waals surface area contributed by atoms with Crippen LogP contribution >= 0.6 is 0 Å². The van der Waals surface area contributed by atoms with Gasteiger partial charge in [-0.3, -0.25) is 9.59 Å². The Labute approximate surface area is 210 Å². The summed E-state index contributed by atoms with van der Waals surface area (Å²) < 4.78 is 6.08. The highest BCUT2D eigenvalue weighted by atomic mass is 16.4. The number of aliphatic carboxylic acids is 1. The summed E-state index contributed by atoms with van der Waals surface area (Å²) in [4.78, 5) is 23.2. The first kappa shape index (κ1) is 22.6. The number of fused-ring (bicyclic) bond motifs is 3. The summed E-state index contributed by atoms with van der Waals surface area (Å²) in [6.07, 6.45) is 4.83. The molecule has 5 nitrogen and oxygen atoms in total. The smallest absolute Gasteiger partial charge is 0.305 e. The predicted octanol–water partition coefficient (Wildman–Crippen LogP) is 6.41. The van der Waals surface area contributed by atoms with Crippen molar-refractivity contribution in [3.05, 3.63) is 95.6 Å². The van der Waals surface area contributed by atoms with Gasteiger partial charge in [0, 0.05) is 28.5 Å². The van der Waals surface area contributed by atoms with Gasteiger partial charge in [0.1, 0.15) is 11.3 Å². The van der Waals surface area contributed by atoms with Crippen molar-refractivity contribution in [2.75, 3.05) is 6.54 Å². The number of carboxylic acids is 1. The number of hydrogen-bond donors (Lipinski definition) is 2. The maximum Gasteiger partial charge on any atom is 0.305 e. The minimum absolute atomic E-state index is 0.0480. The first-order valence-electron chi connectivity index (χ1n) is 12.7. The fraction of sp³-hybridized carbons (Fsp3) is 0.290.